The molecule has 2 aromatic carbocycles. The lowest BCUT2D eigenvalue weighted by atomic mass is 10.1. The number of nitrogens with zero attached hydrogens (tertiary/aromatic N) is 1. The number of nitro groups is 1. The van der Waals surface area contributed by atoms with Gasteiger partial charge in [-0.05, 0) is 30.7 Å². The van der Waals surface area contributed by atoms with E-state index in [2.05, 4.69) is 0 Å². The fraction of sp³-hybridized carbons (Fsp3) is 0.200. The lowest BCUT2D eigenvalue weighted by Gasteiger charge is -2.09. The van der Waals surface area contributed by atoms with Crippen molar-refractivity contribution in [1.82, 2.24) is 0 Å². The molecule has 0 aliphatic carbocycles. The minimum Gasteiger partial charge on any atom is -0.497 e. The van der Waals surface area contributed by atoms with Gasteiger partial charge in [0.1, 0.15) is 11.5 Å². The van der Waals surface area contributed by atoms with Crippen molar-refractivity contribution in [3.05, 3.63) is 58.1 Å². The van der Waals surface area contributed by atoms with Gasteiger partial charge in [-0.15, -0.1) is 0 Å². The van der Waals surface area contributed by atoms with Crippen molar-refractivity contribution >= 4 is 5.69 Å². The van der Waals surface area contributed by atoms with Crippen molar-refractivity contribution in [2.24, 2.45) is 0 Å². The molecule has 2 rings (SSSR count). The van der Waals surface area contributed by atoms with Gasteiger partial charge in [-0.1, -0.05) is 12.1 Å². The summed E-state index contributed by atoms with van der Waals surface area (Å²) in [6, 6.07) is 11.0. The average Bonchev–Trinajstić information content (AvgIpc) is 2.47. The van der Waals surface area contributed by atoms with E-state index in [1.807, 2.05) is 0 Å². The molecule has 0 saturated heterocycles. The van der Waals surface area contributed by atoms with E-state index >= 15 is 0 Å². The van der Waals surface area contributed by atoms with E-state index in [4.69, 9.17) is 9.47 Å². The highest BCUT2D eigenvalue weighted by atomic mass is 16.6. The lowest BCUT2D eigenvalue weighted by Crippen LogP contribution is -1.95. The zero-order valence-corrected chi connectivity index (χ0v) is 11.6. The molecule has 110 valence electrons. The highest BCUT2D eigenvalue weighted by Crippen LogP contribution is 2.34. The second-order valence-electron chi connectivity index (χ2n) is 4.44. The predicted octanol–water partition coefficient (Wildman–Crippen LogP) is 3.45. The third-order valence-electron chi connectivity index (χ3n) is 2.95. The van der Waals surface area contributed by atoms with Gasteiger partial charge in [-0.3, -0.25) is 10.1 Å². The smallest absolute Gasteiger partial charge is 0.311 e. The molecular formula is C15H15NO5. The number of benzene rings is 2. The van der Waals surface area contributed by atoms with Crippen LogP contribution in [-0.2, 0) is 0 Å². The number of nitro benzene ring substituents is 1. The summed E-state index contributed by atoms with van der Waals surface area (Å²) in [6.45, 7) is 1.66. The number of aliphatic hydroxyl groups is 1. The second-order valence-corrected chi connectivity index (χ2v) is 4.44. The number of hydrogen-bond acceptors (Lipinski definition) is 5. The van der Waals surface area contributed by atoms with Gasteiger partial charge in [0.2, 0.25) is 5.75 Å². The zero-order chi connectivity index (χ0) is 15.4. The molecule has 21 heavy (non-hydrogen) atoms. The number of aliphatic hydroxyl groups excluding tert-OH is 1. The highest BCUT2D eigenvalue weighted by molar-refractivity contribution is 5.52. The normalized spacial score (nSPS) is 11.8. The Labute approximate surface area is 121 Å². The highest BCUT2D eigenvalue weighted by Gasteiger charge is 2.17. The average molecular weight is 289 g/mol. The summed E-state index contributed by atoms with van der Waals surface area (Å²) in [5.41, 5.74) is 0.595. The molecule has 1 atom stereocenters. The van der Waals surface area contributed by atoms with Crippen LogP contribution in [0.5, 0.6) is 17.2 Å². The standard InChI is InChI=1S/C15H15NO5/c1-10(17)11-3-5-12(6-4-11)21-15-9-13(20-2)7-8-14(15)16(18)19/h3-10,17H,1-2H3. The first-order valence-electron chi connectivity index (χ1n) is 6.29. The molecule has 0 aliphatic heterocycles. The molecule has 1 unspecified atom stereocenters. The second kappa shape index (κ2) is 6.23. The van der Waals surface area contributed by atoms with E-state index < -0.39 is 11.0 Å². The predicted molar refractivity (Wildman–Crippen MR) is 76.8 cm³/mol. The van der Waals surface area contributed by atoms with Crippen molar-refractivity contribution < 1.29 is 19.5 Å². The van der Waals surface area contributed by atoms with Gasteiger partial charge in [-0.2, -0.15) is 0 Å². The lowest BCUT2D eigenvalue weighted by molar-refractivity contribution is -0.385. The molecule has 2 aromatic rings. The fourth-order valence-corrected chi connectivity index (χ4v) is 1.80. The van der Waals surface area contributed by atoms with Crippen LogP contribution in [-0.4, -0.2) is 17.1 Å². The van der Waals surface area contributed by atoms with Crippen LogP contribution in [0.2, 0.25) is 0 Å². The van der Waals surface area contributed by atoms with Gasteiger partial charge in [0.25, 0.3) is 0 Å². The van der Waals surface area contributed by atoms with E-state index in [1.54, 1.807) is 31.2 Å². The monoisotopic (exact) mass is 289 g/mol. The van der Waals surface area contributed by atoms with Crippen LogP contribution in [0, 0.1) is 10.1 Å². The molecule has 0 saturated carbocycles. The Bertz CT molecular complexity index is 637. The molecular weight excluding hydrogens is 274 g/mol. The minimum absolute atomic E-state index is 0.101. The molecule has 0 spiro atoms. The molecule has 1 N–H and O–H groups in total. The Balaban J connectivity index is 2.31. The van der Waals surface area contributed by atoms with E-state index in [-0.39, 0.29) is 11.4 Å². The summed E-state index contributed by atoms with van der Waals surface area (Å²) < 4.78 is 10.6. The first-order chi connectivity index (χ1) is 10.0. The molecule has 0 amide bonds. The SMILES string of the molecule is COc1ccc([N+](=O)[O-])c(Oc2ccc(C(C)O)cc2)c1. The van der Waals surface area contributed by atoms with Crippen LogP contribution in [0.4, 0.5) is 5.69 Å². The summed E-state index contributed by atoms with van der Waals surface area (Å²) in [5.74, 6) is 1.01. The van der Waals surface area contributed by atoms with Gasteiger partial charge < -0.3 is 14.6 Å². The van der Waals surface area contributed by atoms with Crippen LogP contribution in [0.15, 0.2) is 42.5 Å². The molecule has 6 nitrogen and oxygen atoms in total. The molecule has 0 radical (unpaired) electrons. The van der Waals surface area contributed by atoms with Crippen LogP contribution >= 0.6 is 0 Å². The van der Waals surface area contributed by atoms with Crippen LogP contribution in [0.3, 0.4) is 0 Å². The Hall–Kier alpha value is -2.60. The maximum absolute atomic E-state index is 11.0. The van der Waals surface area contributed by atoms with E-state index in [0.29, 0.717) is 11.5 Å². The van der Waals surface area contributed by atoms with Crippen molar-refractivity contribution in [3.8, 4) is 17.2 Å². The summed E-state index contributed by atoms with van der Waals surface area (Å²) in [7, 11) is 1.47. The Morgan fingerprint density at radius 2 is 1.76 bits per heavy atom. The van der Waals surface area contributed by atoms with E-state index in [0.717, 1.165) is 5.56 Å². The largest absolute Gasteiger partial charge is 0.497 e. The summed E-state index contributed by atoms with van der Waals surface area (Å²) in [5, 5.41) is 20.4. The first-order valence-corrected chi connectivity index (χ1v) is 6.29. The number of methoxy groups -OCH3 is 1. The van der Waals surface area contributed by atoms with Gasteiger partial charge in [0.05, 0.1) is 18.1 Å². The first kappa shape index (κ1) is 14.8. The minimum atomic E-state index is -0.579. The quantitative estimate of drug-likeness (QED) is 0.673. The van der Waals surface area contributed by atoms with Crippen LogP contribution < -0.4 is 9.47 Å². The van der Waals surface area contributed by atoms with Gasteiger partial charge in [0.15, 0.2) is 0 Å². The van der Waals surface area contributed by atoms with Crippen molar-refractivity contribution in [2.45, 2.75) is 13.0 Å². The Kier molecular flexibility index (Phi) is 4.39. The molecule has 0 aromatic heterocycles. The number of hydrogen-bond donors (Lipinski definition) is 1. The third kappa shape index (κ3) is 3.49. The fourth-order valence-electron chi connectivity index (χ4n) is 1.80. The molecule has 6 heteroatoms. The number of ether oxygens (including phenoxy) is 2. The number of rotatable bonds is 5. The summed E-state index contributed by atoms with van der Waals surface area (Å²) in [4.78, 5) is 10.5. The maximum atomic E-state index is 11.0. The van der Waals surface area contributed by atoms with Gasteiger partial charge in [0, 0.05) is 12.1 Å². The van der Waals surface area contributed by atoms with Gasteiger partial charge in [-0.25, -0.2) is 0 Å². The van der Waals surface area contributed by atoms with Crippen molar-refractivity contribution in [1.29, 1.82) is 0 Å². The topological polar surface area (TPSA) is 81.8 Å². The van der Waals surface area contributed by atoms with E-state index in [1.165, 1.54) is 25.3 Å². The third-order valence-corrected chi connectivity index (χ3v) is 2.95. The zero-order valence-electron chi connectivity index (χ0n) is 11.6. The maximum Gasteiger partial charge on any atom is 0.311 e. The van der Waals surface area contributed by atoms with Crippen molar-refractivity contribution in [2.75, 3.05) is 7.11 Å². The molecule has 0 heterocycles. The summed E-state index contributed by atoms with van der Waals surface area (Å²) in [6.07, 6.45) is -0.579. The van der Waals surface area contributed by atoms with Crippen LogP contribution in [0.1, 0.15) is 18.6 Å². The molecule has 0 bridgehead atoms. The Morgan fingerprint density at radius 1 is 1.14 bits per heavy atom. The Morgan fingerprint density at radius 3 is 2.29 bits per heavy atom. The van der Waals surface area contributed by atoms with Gasteiger partial charge >= 0.3 is 5.69 Å². The van der Waals surface area contributed by atoms with Crippen LogP contribution in [0.25, 0.3) is 0 Å². The molecule has 0 fully saturated rings. The summed E-state index contributed by atoms with van der Waals surface area (Å²) >= 11 is 0. The van der Waals surface area contributed by atoms with E-state index in [9.17, 15) is 15.2 Å². The van der Waals surface area contributed by atoms with Crippen molar-refractivity contribution in [3.63, 3.8) is 0 Å². The molecule has 0 aliphatic rings.